The van der Waals surface area contributed by atoms with E-state index in [1.54, 1.807) is 0 Å². The first-order valence-corrected chi connectivity index (χ1v) is 3.45. The van der Waals surface area contributed by atoms with Gasteiger partial charge in [-0.1, -0.05) is 6.08 Å². The Hall–Kier alpha value is -1.19. The summed E-state index contributed by atoms with van der Waals surface area (Å²) in [5.74, 6) is -0.522. The summed E-state index contributed by atoms with van der Waals surface area (Å²) < 4.78 is 28.3. The lowest BCUT2D eigenvalue weighted by Gasteiger charge is -1.97. The summed E-state index contributed by atoms with van der Waals surface area (Å²) in [6.45, 7) is 0. The molecule has 0 N–H and O–H groups in total. The number of carbonyl (C=O) groups excluding carboxylic acids is 1. The van der Waals surface area contributed by atoms with Gasteiger partial charge in [-0.05, 0) is 6.42 Å². The maximum atomic E-state index is 12.0. The molecule has 2 nitrogen and oxygen atoms in total. The van der Waals surface area contributed by atoms with Gasteiger partial charge >= 0.3 is 5.97 Å². The smallest absolute Gasteiger partial charge is 0.333 e. The fourth-order valence-corrected chi connectivity index (χ4v) is 1.05. The minimum Gasteiger partial charge on any atom is -0.466 e. The number of methoxy groups -OCH3 is 1. The first kappa shape index (κ1) is 8.90. The van der Waals surface area contributed by atoms with Gasteiger partial charge < -0.3 is 4.74 Å². The van der Waals surface area contributed by atoms with Crippen molar-refractivity contribution in [3.63, 3.8) is 0 Å². The third kappa shape index (κ3) is 1.69. The molecular weight excluding hydrogens is 166 g/mol. The predicted molar refractivity (Wildman–Crippen MR) is 38.6 cm³/mol. The van der Waals surface area contributed by atoms with Crippen molar-refractivity contribution in [3.8, 4) is 0 Å². The fraction of sp³-hybridized carbons (Fsp3) is 0.375. The topological polar surface area (TPSA) is 26.3 Å². The van der Waals surface area contributed by atoms with Crippen LogP contribution in [0.5, 0.6) is 0 Å². The zero-order valence-electron chi connectivity index (χ0n) is 6.56. The Morgan fingerprint density at radius 1 is 1.58 bits per heavy atom. The average Bonchev–Trinajstić information content (AvgIpc) is 2.51. The van der Waals surface area contributed by atoms with Crippen molar-refractivity contribution in [2.75, 3.05) is 7.11 Å². The van der Waals surface area contributed by atoms with Crippen LogP contribution in [0.4, 0.5) is 8.78 Å². The lowest BCUT2D eigenvalue weighted by molar-refractivity contribution is -0.136. The van der Waals surface area contributed by atoms with Crippen LogP contribution >= 0.6 is 0 Å². The second kappa shape index (κ2) is 3.47. The average molecular weight is 174 g/mol. The van der Waals surface area contributed by atoms with Crippen molar-refractivity contribution in [1.82, 2.24) is 0 Å². The Labute approximate surface area is 68.5 Å². The molecule has 66 valence electrons. The molecule has 0 aromatic heterocycles. The van der Waals surface area contributed by atoms with Gasteiger partial charge in [0.25, 0.3) is 6.08 Å². The number of carbonyl (C=O) groups is 1. The van der Waals surface area contributed by atoms with Gasteiger partial charge in [-0.25, -0.2) is 4.79 Å². The molecule has 0 radical (unpaired) electrons. The minimum absolute atomic E-state index is 0.00963. The Balaban J connectivity index is 2.67. The highest BCUT2D eigenvalue weighted by atomic mass is 19.3. The summed E-state index contributed by atoms with van der Waals surface area (Å²) in [4.78, 5) is 10.8. The molecule has 0 atom stereocenters. The van der Waals surface area contributed by atoms with Crippen LogP contribution in [0.3, 0.4) is 0 Å². The number of esters is 1. The van der Waals surface area contributed by atoms with Crippen molar-refractivity contribution >= 4 is 5.97 Å². The van der Waals surface area contributed by atoms with Crippen molar-refractivity contribution < 1.29 is 18.3 Å². The fourth-order valence-electron chi connectivity index (χ4n) is 1.05. The van der Waals surface area contributed by atoms with E-state index in [0.717, 1.165) is 0 Å². The Kier molecular flexibility index (Phi) is 2.58. The number of hydrogen-bond acceptors (Lipinski definition) is 2. The van der Waals surface area contributed by atoms with Gasteiger partial charge in [-0.3, -0.25) is 0 Å². The van der Waals surface area contributed by atoms with E-state index < -0.39 is 12.0 Å². The van der Waals surface area contributed by atoms with Crippen molar-refractivity contribution in [3.05, 3.63) is 23.3 Å². The highest BCUT2D eigenvalue weighted by Gasteiger charge is 2.20. The van der Waals surface area contributed by atoms with E-state index in [2.05, 4.69) is 4.74 Å². The van der Waals surface area contributed by atoms with Gasteiger partial charge in [-0.2, -0.15) is 8.78 Å². The molecule has 1 rings (SSSR count). The minimum atomic E-state index is -1.69. The quantitative estimate of drug-likeness (QED) is 0.568. The zero-order valence-corrected chi connectivity index (χ0v) is 6.56. The van der Waals surface area contributed by atoms with Crippen LogP contribution in [0.1, 0.15) is 12.8 Å². The SMILES string of the molecule is COC(=O)C1=CCC(=C(F)F)C1. The molecule has 0 saturated heterocycles. The monoisotopic (exact) mass is 174 g/mol. The molecule has 0 amide bonds. The van der Waals surface area contributed by atoms with Crippen LogP contribution in [0, 0.1) is 0 Å². The molecule has 0 heterocycles. The molecule has 4 heteroatoms. The number of allylic oxidation sites excluding steroid dienone is 2. The van der Waals surface area contributed by atoms with Crippen LogP contribution in [0.15, 0.2) is 23.3 Å². The second-order valence-electron chi connectivity index (χ2n) is 2.47. The lowest BCUT2D eigenvalue weighted by atomic mass is 10.2. The largest absolute Gasteiger partial charge is 0.466 e. The summed E-state index contributed by atoms with van der Waals surface area (Å²) >= 11 is 0. The molecule has 0 fully saturated rings. The Morgan fingerprint density at radius 3 is 2.67 bits per heavy atom. The van der Waals surface area contributed by atoms with E-state index in [9.17, 15) is 13.6 Å². The number of hydrogen-bond donors (Lipinski definition) is 0. The van der Waals surface area contributed by atoms with E-state index in [1.165, 1.54) is 13.2 Å². The molecule has 12 heavy (non-hydrogen) atoms. The van der Waals surface area contributed by atoms with Crippen molar-refractivity contribution in [2.45, 2.75) is 12.8 Å². The van der Waals surface area contributed by atoms with Gasteiger partial charge in [0, 0.05) is 17.6 Å². The molecule has 1 aliphatic rings. The number of halogens is 2. The highest BCUT2D eigenvalue weighted by Crippen LogP contribution is 2.28. The third-order valence-corrected chi connectivity index (χ3v) is 1.71. The van der Waals surface area contributed by atoms with Crippen molar-refractivity contribution in [2.24, 2.45) is 0 Å². The van der Waals surface area contributed by atoms with Gasteiger partial charge in [0.15, 0.2) is 0 Å². The van der Waals surface area contributed by atoms with Gasteiger partial charge in [0.1, 0.15) is 0 Å². The molecular formula is C8H8F2O2. The maximum Gasteiger partial charge on any atom is 0.333 e. The summed E-state index contributed by atoms with van der Waals surface area (Å²) in [6.07, 6.45) is -0.0348. The van der Waals surface area contributed by atoms with E-state index in [-0.39, 0.29) is 18.4 Å². The standard InChI is InChI=1S/C8H8F2O2/c1-12-8(11)6-3-2-5(4-6)7(9)10/h3H,2,4H2,1H3. The second-order valence-corrected chi connectivity index (χ2v) is 2.47. The number of rotatable bonds is 1. The van der Waals surface area contributed by atoms with E-state index in [1.807, 2.05) is 0 Å². The van der Waals surface area contributed by atoms with Crippen LogP contribution < -0.4 is 0 Å². The Bertz CT molecular complexity index is 262. The number of ether oxygens (including phenoxy) is 1. The first-order valence-electron chi connectivity index (χ1n) is 3.45. The normalized spacial score (nSPS) is 15.9. The van der Waals surface area contributed by atoms with Gasteiger partial charge in [0.05, 0.1) is 7.11 Å². The zero-order chi connectivity index (χ0) is 9.14. The summed E-state index contributed by atoms with van der Waals surface area (Å²) in [5, 5.41) is 0. The molecule has 0 aromatic carbocycles. The van der Waals surface area contributed by atoms with Crippen LogP contribution in [-0.4, -0.2) is 13.1 Å². The molecule has 0 unspecified atom stereocenters. The first-order chi connectivity index (χ1) is 5.65. The van der Waals surface area contributed by atoms with Crippen LogP contribution in [0.2, 0.25) is 0 Å². The van der Waals surface area contributed by atoms with E-state index >= 15 is 0 Å². The molecule has 0 spiro atoms. The third-order valence-electron chi connectivity index (χ3n) is 1.71. The lowest BCUT2D eigenvalue weighted by Crippen LogP contribution is -2.02. The molecule has 0 aromatic rings. The van der Waals surface area contributed by atoms with Crippen LogP contribution in [0.25, 0.3) is 0 Å². The molecule has 1 aliphatic carbocycles. The summed E-state index contributed by atoms with van der Waals surface area (Å²) in [6, 6.07) is 0. The van der Waals surface area contributed by atoms with Crippen LogP contribution in [-0.2, 0) is 9.53 Å². The van der Waals surface area contributed by atoms with Gasteiger partial charge in [0.2, 0.25) is 0 Å². The predicted octanol–water partition coefficient (Wildman–Crippen LogP) is 2.03. The highest BCUT2D eigenvalue weighted by molar-refractivity contribution is 5.89. The van der Waals surface area contributed by atoms with Crippen molar-refractivity contribution in [1.29, 1.82) is 0 Å². The summed E-state index contributed by atoms with van der Waals surface area (Å²) in [5.41, 5.74) is 0.329. The molecule has 0 saturated carbocycles. The van der Waals surface area contributed by atoms with Gasteiger partial charge in [-0.15, -0.1) is 0 Å². The van der Waals surface area contributed by atoms with E-state index in [4.69, 9.17) is 0 Å². The summed E-state index contributed by atoms with van der Waals surface area (Å²) in [7, 11) is 1.23. The Morgan fingerprint density at radius 2 is 2.25 bits per heavy atom. The maximum absolute atomic E-state index is 12.0. The van der Waals surface area contributed by atoms with E-state index in [0.29, 0.717) is 5.57 Å². The molecule has 0 bridgehead atoms. The molecule has 0 aliphatic heterocycles.